The summed E-state index contributed by atoms with van der Waals surface area (Å²) in [6.45, 7) is 3.28. The van der Waals surface area contributed by atoms with E-state index in [2.05, 4.69) is 9.88 Å². The zero-order valence-corrected chi connectivity index (χ0v) is 13.7. The van der Waals surface area contributed by atoms with Crippen molar-refractivity contribution in [2.24, 2.45) is 0 Å². The van der Waals surface area contributed by atoms with Crippen LogP contribution < -0.4 is 4.74 Å². The van der Waals surface area contributed by atoms with Gasteiger partial charge in [0.25, 0.3) is 5.88 Å². The standard InChI is InChI=1S/C17H24FN3O3/c18-15-3-1-7-19-17(15)24-14-5-9-20(10-6-14)11-13(22)12-21-8-2-4-16(21)23/h1,3,7,13-14,22H,2,4-6,8-12H2. The molecule has 3 heterocycles. The second-order valence-corrected chi connectivity index (χ2v) is 6.51. The number of carbonyl (C=O) groups excluding carboxylic acids is 1. The van der Waals surface area contributed by atoms with Gasteiger partial charge in [-0.15, -0.1) is 0 Å². The molecular formula is C17H24FN3O3. The van der Waals surface area contributed by atoms with Gasteiger partial charge in [0.1, 0.15) is 6.10 Å². The summed E-state index contributed by atoms with van der Waals surface area (Å²) >= 11 is 0. The van der Waals surface area contributed by atoms with Crippen LogP contribution in [-0.4, -0.2) is 70.7 Å². The molecule has 1 N–H and O–H groups in total. The van der Waals surface area contributed by atoms with Crippen LogP contribution in [-0.2, 0) is 4.79 Å². The van der Waals surface area contributed by atoms with Crippen molar-refractivity contribution in [3.8, 4) is 5.88 Å². The van der Waals surface area contributed by atoms with E-state index in [4.69, 9.17) is 4.74 Å². The Hall–Kier alpha value is -1.73. The molecule has 1 aromatic rings. The largest absolute Gasteiger partial charge is 0.472 e. The minimum atomic E-state index is -0.530. The van der Waals surface area contributed by atoms with E-state index < -0.39 is 11.9 Å². The van der Waals surface area contributed by atoms with Gasteiger partial charge < -0.3 is 19.6 Å². The van der Waals surface area contributed by atoms with E-state index in [9.17, 15) is 14.3 Å². The Morgan fingerprint density at radius 2 is 2.12 bits per heavy atom. The van der Waals surface area contributed by atoms with Crippen molar-refractivity contribution in [2.45, 2.75) is 37.9 Å². The molecule has 2 aliphatic heterocycles. The lowest BCUT2D eigenvalue weighted by molar-refractivity contribution is -0.129. The number of halogens is 1. The van der Waals surface area contributed by atoms with Crippen LogP contribution in [0.3, 0.4) is 0 Å². The summed E-state index contributed by atoms with van der Waals surface area (Å²) in [5.74, 6) is -0.243. The first-order chi connectivity index (χ1) is 11.6. The van der Waals surface area contributed by atoms with E-state index in [1.807, 2.05) is 0 Å². The first-order valence-corrected chi connectivity index (χ1v) is 8.57. The highest BCUT2D eigenvalue weighted by atomic mass is 19.1. The lowest BCUT2D eigenvalue weighted by atomic mass is 10.1. The van der Waals surface area contributed by atoms with Gasteiger partial charge >= 0.3 is 0 Å². The number of carbonyl (C=O) groups is 1. The zero-order valence-electron chi connectivity index (χ0n) is 13.7. The third-order valence-corrected chi connectivity index (χ3v) is 4.61. The second-order valence-electron chi connectivity index (χ2n) is 6.51. The third kappa shape index (κ3) is 4.42. The lowest BCUT2D eigenvalue weighted by Gasteiger charge is -2.33. The summed E-state index contributed by atoms with van der Waals surface area (Å²) in [6.07, 6.45) is 3.96. The molecule has 0 spiro atoms. The number of likely N-dealkylation sites (tertiary alicyclic amines) is 2. The number of aliphatic hydroxyl groups excluding tert-OH is 1. The van der Waals surface area contributed by atoms with Gasteiger partial charge in [-0.3, -0.25) is 4.79 Å². The van der Waals surface area contributed by atoms with E-state index in [0.29, 0.717) is 19.5 Å². The average Bonchev–Trinajstić information content (AvgIpc) is 2.96. The quantitative estimate of drug-likeness (QED) is 0.840. The number of pyridine rings is 1. The maximum absolute atomic E-state index is 13.6. The maximum Gasteiger partial charge on any atom is 0.250 e. The van der Waals surface area contributed by atoms with Gasteiger partial charge in [0, 0.05) is 45.3 Å². The number of piperidine rings is 1. The molecule has 0 radical (unpaired) electrons. The van der Waals surface area contributed by atoms with Crippen molar-refractivity contribution in [2.75, 3.05) is 32.7 Å². The number of amides is 1. The molecule has 0 saturated carbocycles. The Bertz CT molecular complexity index is 564. The van der Waals surface area contributed by atoms with Gasteiger partial charge in [-0.25, -0.2) is 9.37 Å². The number of aliphatic hydroxyl groups is 1. The molecule has 2 saturated heterocycles. The number of hydrogen-bond donors (Lipinski definition) is 1. The fraction of sp³-hybridized carbons (Fsp3) is 0.647. The van der Waals surface area contributed by atoms with Gasteiger partial charge in [-0.05, 0) is 31.4 Å². The third-order valence-electron chi connectivity index (χ3n) is 4.61. The summed E-state index contributed by atoms with van der Waals surface area (Å²) in [5.41, 5.74) is 0. The summed E-state index contributed by atoms with van der Waals surface area (Å²) in [6, 6.07) is 2.88. The molecule has 7 heteroatoms. The van der Waals surface area contributed by atoms with Crippen LogP contribution in [0.5, 0.6) is 5.88 Å². The molecule has 0 aliphatic carbocycles. The second kappa shape index (κ2) is 7.90. The number of nitrogens with zero attached hydrogens (tertiary/aromatic N) is 3. The van der Waals surface area contributed by atoms with Crippen LogP contribution in [0.1, 0.15) is 25.7 Å². The van der Waals surface area contributed by atoms with Crippen LogP contribution in [0.15, 0.2) is 18.3 Å². The van der Waals surface area contributed by atoms with E-state index in [1.165, 1.54) is 18.3 Å². The van der Waals surface area contributed by atoms with Crippen molar-refractivity contribution >= 4 is 5.91 Å². The molecule has 0 bridgehead atoms. The molecule has 1 atom stereocenters. The van der Waals surface area contributed by atoms with Crippen LogP contribution in [0, 0.1) is 5.82 Å². The molecule has 1 unspecified atom stereocenters. The summed E-state index contributed by atoms with van der Waals surface area (Å²) in [5, 5.41) is 10.2. The molecule has 132 valence electrons. The number of hydrogen-bond acceptors (Lipinski definition) is 5. The molecule has 24 heavy (non-hydrogen) atoms. The molecule has 6 nitrogen and oxygen atoms in total. The Kier molecular flexibility index (Phi) is 5.63. The van der Waals surface area contributed by atoms with Crippen LogP contribution >= 0.6 is 0 Å². The van der Waals surface area contributed by atoms with Crippen molar-refractivity contribution in [1.82, 2.24) is 14.8 Å². The van der Waals surface area contributed by atoms with Gasteiger partial charge in [-0.2, -0.15) is 0 Å². The highest BCUT2D eigenvalue weighted by molar-refractivity contribution is 5.78. The van der Waals surface area contributed by atoms with E-state index in [0.717, 1.165) is 38.9 Å². The monoisotopic (exact) mass is 337 g/mol. The number of aromatic nitrogens is 1. The minimum absolute atomic E-state index is 0.0528. The molecular weight excluding hydrogens is 313 g/mol. The van der Waals surface area contributed by atoms with Crippen LogP contribution in [0.4, 0.5) is 4.39 Å². The lowest BCUT2D eigenvalue weighted by Crippen LogP contribution is -2.45. The summed E-state index contributed by atoms with van der Waals surface area (Å²) in [7, 11) is 0. The van der Waals surface area contributed by atoms with Gasteiger partial charge in [0.15, 0.2) is 5.82 Å². The van der Waals surface area contributed by atoms with Gasteiger partial charge in [0.2, 0.25) is 5.91 Å². The van der Waals surface area contributed by atoms with Crippen LogP contribution in [0.2, 0.25) is 0 Å². The van der Waals surface area contributed by atoms with E-state index >= 15 is 0 Å². The SMILES string of the molecule is O=C1CCCN1CC(O)CN1CCC(Oc2ncccc2F)CC1. The predicted molar refractivity (Wildman–Crippen MR) is 86.1 cm³/mol. The molecule has 2 fully saturated rings. The van der Waals surface area contributed by atoms with Gasteiger partial charge in [-0.1, -0.05) is 0 Å². The normalized spacial score (nSPS) is 21.2. The maximum atomic E-state index is 13.6. The van der Waals surface area contributed by atoms with Crippen molar-refractivity contribution in [3.63, 3.8) is 0 Å². The Labute approximate surface area is 141 Å². The Morgan fingerprint density at radius 1 is 1.33 bits per heavy atom. The highest BCUT2D eigenvalue weighted by Gasteiger charge is 2.26. The van der Waals surface area contributed by atoms with E-state index in [1.54, 1.807) is 4.90 Å². The molecule has 1 amide bonds. The predicted octanol–water partition coefficient (Wildman–Crippen LogP) is 1.05. The Balaban J connectivity index is 1.40. The van der Waals surface area contributed by atoms with Gasteiger partial charge in [0.05, 0.1) is 6.10 Å². The number of rotatable bonds is 6. The average molecular weight is 337 g/mol. The summed E-state index contributed by atoms with van der Waals surface area (Å²) < 4.78 is 19.2. The highest BCUT2D eigenvalue weighted by Crippen LogP contribution is 2.20. The van der Waals surface area contributed by atoms with Crippen molar-refractivity contribution in [1.29, 1.82) is 0 Å². The number of β-amino-alcohol motifs (C(OH)–C–C–N with tert-alkyl or cyclic N) is 1. The fourth-order valence-corrected chi connectivity index (χ4v) is 3.33. The topological polar surface area (TPSA) is 65.9 Å². The van der Waals surface area contributed by atoms with Crippen LogP contribution in [0.25, 0.3) is 0 Å². The zero-order chi connectivity index (χ0) is 16.9. The van der Waals surface area contributed by atoms with Crippen molar-refractivity contribution in [3.05, 3.63) is 24.1 Å². The molecule has 1 aromatic heterocycles. The molecule has 3 rings (SSSR count). The first kappa shape index (κ1) is 17.1. The van der Waals surface area contributed by atoms with E-state index in [-0.39, 0.29) is 17.9 Å². The smallest absolute Gasteiger partial charge is 0.250 e. The first-order valence-electron chi connectivity index (χ1n) is 8.57. The number of ether oxygens (including phenoxy) is 1. The minimum Gasteiger partial charge on any atom is -0.472 e. The fourth-order valence-electron chi connectivity index (χ4n) is 3.33. The molecule has 0 aromatic carbocycles. The summed E-state index contributed by atoms with van der Waals surface area (Å²) in [4.78, 5) is 19.4. The Morgan fingerprint density at radius 3 is 2.79 bits per heavy atom. The molecule has 2 aliphatic rings. The van der Waals surface area contributed by atoms with Crippen molar-refractivity contribution < 1.29 is 19.0 Å².